The third kappa shape index (κ3) is 1.73. The minimum absolute atomic E-state index is 0.248. The second-order valence-electron chi connectivity index (χ2n) is 3.75. The molecule has 6 heteroatoms. The summed E-state index contributed by atoms with van der Waals surface area (Å²) in [4.78, 5) is 20.3. The Hall–Kier alpha value is -1.98. The Kier molecular flexibility index (Phi) is 2.34. The zero-order valence-corrected chi connectivity index (χ0v) is 8.09. The number of aliphatic carboxylic acids is 1. The number of carboxylic acid groups (broad SMARTS) is 1. The van der Waals surface area contributed by atoms with Gasteiger partial charge in [-0.25, -0.2) is 4.39 Å². The van der Waals surface area contributed by atoms with Crippen molar-refractivity contribution in [3.05, 3.63) is 39.7 Å². The molecule has 84 valence electrons. The van der Waals surface area contributed by atoms with E-state index in [9.17, 15) is 19.3 Å². The van der Waals surface area contributed by atoms with Crippen molar-refractivity contribution in [2.45, 2.75) is 12.3 Å². The van der Waals surface area contributed by atoms with E-state index in [-0.39, 0.29) is 17.2 Å². The molecule has 1 fully saturated rings. The van der Waals surface area contributed by atoms with Gasteiger partial charge in [-0.1, -0.05) is 0 Å². The second-order valence-corrected chi connectivity index (χ2v) is 3.75. The van der Waals surface area contributed by atoms with Crippen LogP contribution in [0.15, 0.2) is 18.2 Å². The van der Waals surface area contributed by atoms with E-state index in [1.54, 1.807) is 0 Å². The minimum atomic E-state index is -0.956. The molecule has 0 aromatic heterocycles. The van der Waals surface area contributed by atoms with Crippen LogP contribution in [0.25, 0.3) is 0 Å². The molecule has 1 N–H and O–H groups in total. The summed E-state index contributed by atoms with van der Waals surface area (Å²) in [5, 5.41) is 19.1. The van der Waals surface area contributed by atoms with Crippen LogP contribution in [-0.2, 0) is 4.79 Å². The molecule has 0 spiro atoms. The summed E-state index contributed by atoms with van der Waals surface area (Å²) in [6.07, 6.45) is 0.393. The van der Waals surface area contributed by atoms with Gasteiger partial charge in [0.2, 0.25) is 0 Å². The van der Waals surface area contributed by atoms with Crippen LogP contribution >= 0.6 is 0 Å². The summed E-state index contributed by atoms with van der Waals surface area (Å²) in [7, 11) is 0. The molecular formula is C10H8FNO4. The van der Waals surface area contributed by atoms with E-state index in [0.717, 1.165) is 6.07 Å². The minimum Gasteiger partial charge on any atom is -0.481 e. The molecule has 0 bridgehead atoms. The summed E-state index contributed by atoms with van der Waals surface area (Å²) in [5.41, 5.74) is -0.0771. The van der Waals surface area contributed by atoms with E-state index < -0.39 is 22.6 Å². The number of nitro benzene ring substituents is 1. The molecule has 1 saturated carbocycles. The van der Waals surface area contributed by atoms with Gasteiger partial charge in [0.05, 0.1) is 16.9 Å². The molecular weight excluding hydrogens is 217 g/mol. The van der Waals surface area contributed by atoms with E-state index in [2.05, 4.69) is 0 Å². The maximum absolute atomic E-state index is 13.4. The van der Waals surface area contributed by atoms with Crippen molar-refractivity contribution < 1.29 is 19.2 Å². The smallest absolute Gasteiger partial charge is 0.307 e. The molecule has 16 heavy (non-hydrogen) atoms. The Balaban J connectivity index is 2.25. The summed E-state index contributed by atoms with van der Waals surface area (Å²) in [5.74, 6) is -2.57. The van der Waals surface area contributed by atoms with E-state index in [4.69, 9.17) is 5.11 Å². The summed E-state index contributed by atoms with van der Waals surface area (Å²) < 4.78 is 13.4. The van der Waals surface area contributed by atoms with Crippen LogP contribution in [0.5, 0.6) is 0 Å². The molecule has 1 aromatic carbocycles. The zero-order chi connectivity index (χ0) is 11.9. The summed E-state index contributed by atoms with van der Waals surface area (Å²) in [6, 6.07) is 3.31. The molecule has 2 atom stereocenters. The average Bonchev–Trinajstić information content (AvgIpc) is 2.97. The van der Waals surface area contributed by atoms with Gasteiger partial charge < -0.3 is 5.11 Å². The number of nitrogens with zero attached hydrogens (tertiary/aromatic N) is 1. The predicted molar refractivity (Wildman–Crippen MR) is 51.5 cm³/mol. The third-order valence-electron chi connectivity index (χ3n) is 2.70. The second kappa shape index (κ2) is 3.55. The van der Waals surface area contributed by atoms with Gasteiger partial charge in [0.15, 0.2) is 0 Å². The Labute approximate surface area is 89.7 Å². The van der Waals surface area contributed by atoms with E-state index >= 15 is 0 Å². The standard InChI is InChI=1S/C10H8FNO4/c11-9-3-5(12(15)16)1-2-6(9)7-4-8(7)10(13)14/h1-3,7-8H,4H2,(H,13,14). The fourth-order valence-corrected chi connectivity index (χ4v) is 1.74. The molecule has 0 radical (unpaired) electrons. The molecule has 5 nitrogen and oxygen atoms in total. The maximum Gasteiger partial charge on any atom is 0.307 e. The lowest BCUT2D eigenvalue weighted by Gasteiger charge is -2.00. The number of nitro groups is 1. The highest BCUT2D eigenvalue weighted by Gasteiger charge is 2.45. The summed E-state index contributed by atoms with van der Waals surface area (Å²) in [6.45, 7) is 0. The average molecular weight is 225 g/mol. The highest BCUT2D eigenvalue weighted by atomic mass is 19.1. The molecule has 2 unspecified atom stereocenters. The highest BCUT2D eigenvalue weighted by molar-refractivity contribution is 5.75. The Bertz CT molecular complexity index is 474. The van der Waals surface area contributed by atoms with Gasteiger partial charge in [0.25, 0.3) is 5.69 Å². The number of carbonyl (C=O) groups is 1. The van der Waals surface area contributed by atoms with Gasteiger partial charge in [0.1, 0.15) is 5.82 Å². The van der Waals surface area contributed by atoms with Gasteiger partial charge in [0, 0.05) is 12.0 Å². The largest absolute Gasteiger partial charge is 0.481 e. The number of carboxylic acids is 1. The normalized spacial score (nSPS) is 22.8. The molecule has 0 amide bonds. The molecule has 2 rings (SSSR count). The number of hydrogen-bond donors (Lipinski definition) is 1. The van der Waals surface area contributed by atoms with Gasteiger partial charge in [-0.15, -0.1) is 0 Å². The van der Waals surface area contributed by atoms with E-state index in [0.29, 0.717) is 6.42 Å². The first-order chi connectivity index (χ1) is 7.50. The molecule has 0 saturated heterocycles. The van der Waals surface area contributed by atoms with Gasteiger partial charge in [-0.3, -0.25) is 14.9 Å². The monoisotopic (exact) mass is 225 g/mol. The van der Waals surface area contributed by atoms with Crippen LogP contribution < -0.4 is 0 Å². The van der Waals surface area contributed by atoms with Crippen LogP contribution in [-0.4, -0.2) is 16.0 Å². The lowest BCUT2D eigenvalue weighted by molar-refractivity contribution is -0.385. The highest BCUT2D eigenvalue weighted by Crippen LogP contribution is 2.48. The predicted octanol–water partition coefficient (Wildman–Crippen LogP) is 1.92. The maximum atomic E-state index is 13.4. The molecule has 1 aliphatic carbocycles. The SMILES string of the molecule is O=C(O)C1CC1c1ccc([N+](=O)[O-])cc1F. The number of benzene rings is 1. The molecule has 0 heterocycles. The first kappa shape index (κ1) is 10.5. The number of halogens is 1. The van der Waals surface area contributed by atoms with Crippen molar-refractivity contribution in [3.63, 3.8) is 0 Å². The van der Waals surface area contributed by atoms with Crippen LogP contribution in [0.1, 0.15) is 17.9 Å². The van der Waals surface area contributed by atoms with Crippen molar-refractivity contribution in [3.8, 4) is 0 Å². The van der Waals surface area contributed by atoms with E-state index in [1.165, 1.54) is 12.1 Å². The van der Waals surface area contributed by atoms with Crippen molar-refractivity contribution in [2.75, 3.05) is 0 Å². The number of non-ortho nitro benzene ring substituents is 1. The zero-order valence-electron chi connectivity index (χ0n) is 8.09. The molecule has 0 aliphatic heterocycles. The van der Waals surface area contributed by atoms with Crippen LogP contribution in [0, 0.1) is 21.8 Å². The van der Waals surface area contributed by atoms with Gasteiger partial charge >= 0.3 is 5.97 Å². The lowest BCUT2D eigenvalue weighted by atomic mass is 10.1. The van der Waals surface area contributed by atoms with Crippen LogP contribution in [0.2, 0.25) is 0 Å². The van der Waals surface area contributed by atoms with Crippen molar-refractivity contribution in [1.29, 1.82) is 0 Å². The quantitative estimate of drug-likeness (QED) is 0.629. The Morgan fingerprint density at radius 2 is 2.25 bits per heavy atom. The molecule has 1 aromatic rings. The van der Waals surface area contributed by atoms with Gasteiger partial charge in [-0.05, 0) is 18.1 Å². The first-order valence-electron chi connectivity index (χ1n) is 4.67. The third-order valence-corrected chi connectivity index (χ3v) is 2.70. The lowest BCUT2D eigenvalue weighted by Crippen LogP contribution is -2.00. The van der Waals surface area contributed by atoms with Crippen LogP contribution in [0.3, 0.4) is 0 Å². The Morgan fingerprint density at radius 3 is 2.69 bits per heavy atom. The van der Waals surface area contributed by atoms with Gasteiger partial charge in [-0.2, -0.15) is 0 Å². The van der Waals surface area contributed by atoms with Crippen molar-refractivity contribution in [1.82, 2.24) is 0 Å². The Morgan fingerprint density at radius 1 is 1.56 bits per heavy atom. The number of rotatable bonds is 3. The number of hydrogen-bond acceptors (Lipinski definition) is 3. The topological polar surface area (TPSA) is 80.4 Å². The van der Waals surface area contributed by atoms with Crippen molar-refractivity contribution in [2.24, 2.45) is 5.92 Å². The van der Waals surface area contributed by atoms with Crippen LogP contribution in [0.4, 0.5) is 10.1 Å². The fraction of sp³-hybridized carbons (Fsp3) is 0.300. The first-order valence-corrected chi connectivity index (χ1v) is 4.67. The fourth-order valence-electron chi connectivity index (χ4n) is 1.74. The molecule has 1 aliphatic rings. The van der Waals surface area contributed by atoms with Crippen molar-refractivity contribution >= 4 is 11.7 Å². The van der Waals surface area contributed by atoms with E-state index in [1.807, 2.05) is 0 Å². The summed E-state index contributed by atoms with van der Waals surface area (Å²) >= 11 is 0.